The molecule has 0 aliphatic rings. The summed E-state index contributed by atoms with van der Waals surface area (Å²) in [6.45, 7) is 0. The fourth-order valence-electron chi connectivity index (χ4n) is 2.11. The van der Waals surface area contributed by atoms with Crippen LogP contribution in [0.15, 0.2) is 63.3 Å². The molecule has 0 aromatic heterocycles. The van der Waals surface area contributed by atoms with Crippen molar-refractivity contribution in [2.75, 3.05) is 7.05 Å². The van der Waals surface area contributed by atoms with Gasteiger partial charge in [0.15, 0.2) is 0 Å². The van der Waals surface area contributed by atoms with Gasteiger partial charge in [-0.2, -0.15) is 0 Å². The molecule has 0 bridgehead atoms. The maximum Gasteiger partial charge on any atom is 0.243 e. The van der Waals surface area contributed by atoms with Crippen LogP contribution in [0.2, 0.25) is 0 Å². The number of unbranched alkanes of at least 4 members (excludes halogenated alkanes) is 1. The van der Waals surface area contributed by atoms with Crippen molar-refractivity contribution in [3.8, 4) is 5.75 Å². The van der Waals surface area contributed by atoms with Crippen LogP contribution in [0.1, 0.15) is 24.8 Å². The van der Waals surface area contributed by atoms with Gasteiger partial charge in [-0.25, -0.2) is 5.01 Å². The Bertz CT molecular complexity index is 684. The molecule has 0 saturated heterocycles. The van der Waals surface area contributed by atoms with Crippen molar-refractivity contribution in [3.05, 3.63) is 58.6 Å². The molecule has 0 heterocycles. The minimum Gasteiger partial charge on any atom is -0.508 e. The second kappa shape index (κ2) is 9.17. The summed E-state index contributed by atoms with van der Waals surface area (Å²) in [4.78, 5) is 12.0. The number of hydrogen-bond acceptors (Lipinski definition) is 4. The number of benzene rings is 2. The fraction of sp³-hybridized carbons (Fsp3) is 0.278. The van der Waals surface area contributed by atoms with Gasteiger partial charge in [0.25, 0.3) is 0 Å². The third-order valence-corrected chi connectivity index (χ3v) is 4.05. The van der Waals surface area contributed by atoms with E-state index in [9.17, 15) is 9.90 Å². The molecule has 6 heteroatoms. The van der Waals surface area contributed by atoms with E-state index < -0.39 is 0 Å². The van der Waals surface area contributed by atoms with Gasteiger partial charge in [0.2, 0.25) is 5.91 Å². The molecular weight excluding hydrogens is 370 g/mol. The maximum absolute atomic E-state index is 12.0. The van der Waals surface area contributed by atoms with Crippen LogP contribution in [0.3, 0.4) is 0 Å². The summed E-state index contributed by atoms with van der Waals surface area (Å²) in [5.41, 5.74) is 1.86. The molecule has 126 valence electrons. The van der Waals surface area contributed by atoms with Crippen molar-refractivity contribution in [2.24, 2.45) is 10.3 Å². The first-order valence-corrected chi connectivity index (χ1v) is 8.55. The Labute approximate surface area is 150 Å². The number of halogens is 1. The summed E-state index contributed by atoms with van der Waals surface area (Å²) in [5.74, 6) is 0.216. The first-order chi connectivity index (χ1) is 11.5. The smallest absolute Gasteiger partial charge is 0.243 e. The van der Waals surface area contributed by atoms with Gasteiger partial charge >= 0.3 is 0 Å². The Hall–Kier alpha value is -2.21. The number of phenolic OH excluding ortho intramolecular Hbond substituents is 1. The zero-order valence-corrected chi connectivity index (χ0v) is 15.1. The molecule has 24 heavy (non-hydrogen) atoms. The van der Waals surface area contributed by atoms with E-state index in [0.717, 1.165) is 29.3 Å². The van der Waals surface area contributed by atoms with Gasteiger partial charge in [0.1, 0.15) is 5.75 Å². The summed E-state index contributed by atoms with van der Waals surface area (Å²) in [6, 6.07) is 14.5. The van der Waals surface area contributed by atoms with E-state index in [1.165, 1.54) is 5.01 Å². The summed E-state index contributed by atoms with van der Waals surface area (Å²) < 4.78 is 0.972. The number of nitrogens with zero attached hydrogens (tertiary/aromatic N) is 3. The van der Waals surface area contributed by atoms with E-state index in [-0.39, 0.29) is 11.7 Å². The zero-order valence-electron chi connectivity index (χ0n) is 13.5. The van der Waals surface area contributed by atoms with Crippen LogP contribution in [0.5, 0.6) is 5.75 Å². The van der Waals surface area contributed by atoms with E-state index in [1.807, 2.05) is 36.4 Å². The average Bonchev–Trinajstić information content (AvgIpc) is 2.59. The highest BCUT2D eigenvalue weighted by Crippen LogP contribution is 2.17. The van der Waals surface area contributed by atoms with Crippen LogP contribution in [-0.2, 0) is 11.2 Å². The Morgan fingerprint density at radius 3 is 2.42 bits per heavy atom. The lowest BCUT2D eigenvalue weighted by molar-refractivity contribution is -0.130. The van der Waals surface area contributed by atoms with E-state index in [2.05, 4.69) is 26.3 Å². The molecule has 2 aromatic rings. The number of hydrogen-bond donors (Lipinski definition) is 1. The van der Waals surface area contributed by atoms with E-state index >= 15 is 0 Å². The molecule has 0 aliphatic heterocycles. The second-order valence-corrected chi connectivity index (χ2v) is 6.37. The van der Waals surface area contributed by atoms with E-state index in [1.54, 1.807) is 19.2 Å². The molecule has 0 fully saturated rings. The van der Waals surface area contributed by atoms with Crippen LogP contribution in [0.4, 0.5) is 5.69 Å². The Morgan fingerprint density at radius 2 is 1.75 bits per heavy atom. The molecular formula is C18H20BrN3O2. The number of aromatic hydroxyl groups is 1. The number of amides is 1. The van der Waals surface area contributed by atoms with Crippen molar-refractivity contribution in [1.82, 2.24) is 5.01 Å². The Morgan fingerprint density at radius 1 is 1.08 bits per heavy atom. The molecule has 1 amide bonds. The second-order valence-electron chi connectivity index (χ2n) is 5.46. The predicted molar refractivity (Wildman–Crippen MR) is 97.1 cm³/mol. The van der Waals surface area contributed by atoms with Gasteiger partial charge in [0, 0.05) is 17.9 Å². The lowest BCUT2D eigenvalue weighted by Crippen LogP contribution is -2.20. The molecule has 0 unspecified atom stereocenters. The minimum atomic E-state index is -0.0541. The molecule has 0 saturated carbocycles. The quantitative estimate of drug-likeness (QED) is 0.410. The van der Waals surface area contributed by atoms with Crippen LogP contribution in [-0.4, -0.2) is 23.1 Å². The van der Waals surface area contributed by atoms with Crippen molar-refractivity contribution in [3.63, 3.8) is 0 Å². The van der Waals surface area contributed by atoms with E-state index in [0.29, 0.717) is 12.1 Å². The van der Waals surface area contributed by atoms with Gasteiger partial charge in [-0.05, 0) is 61.2 Å². The van der Waals surface area contributed by atoms with Crippen molar-refractivity contribution in [2.45, 2.75) is 25.7 Å². The SMILES string of the molecule is CN(N=Nc1ccc(Br)cc1)C(=O)CCCCc1ccc(O)cc1. The first-order valence-electron chi connectivity index (χ1n) is 7.76. The molecule has 2 aromatic carbocycles. The van der Waals surface area contributed by atoms with Crippen molar-refractivity contribution >= 4 is 27.5 Å². The first kappa shape index (κ1) is 18.1. The summed E-state index contributed by atoms with van der Waals surface area (Å²) in [6.07, 6.45) is 3.03. The van der Waals surface area contributed by atoms with E-state index in [4.69, 9.17) is 0 Å². The monoisotopic (exact) mass is 389 g/mol. The predicted octanol–water partition coefficient (Wildman–Crippen LogP) is 5.02. The van der Waals surface area contributed by atoms with Gasteiger partial charge < -0.3 is 5.11 Å². The van der Waals surface area contributed by atoms with Crippen LogP contribution < -0.4 is 0 Å². The molecule has 0 atom stereocenters. The fourth-order valence-corrected chi connectivity index (χ4v) is 2.37. The maximum atomic E-state index is 12.0. The Kier molecular flexibility index (Phi) is 6.93. The third-order valence-electron chi connectivity index (χ3n) is 3.52. The number of carbonyl (C=O) groups excluding carboxylic acids is 1. The van der Waals surface area contributed by atoms with Gasteiger partial charge in [-0.1, -0.05) is 33.3 Å². The standard InChI is InChI=1S/C18H20BrN3O2/c1-22(21-20-16-10-8-15(19)9-11-16)18(24)5-3-2-4-14-6-12-17(23)13-7-14/h6-13,23H,2-5H2,1H3. The molecule has 0 aliphatic carbocycles. The highest BCUT2D eigenvalue weighted by atomic mass is 79.9. The molecule has 0 spiro atoms. The van der Waals surface area contributed by atoms with Crippen LogP contribution in [0.25, 0.3) is 0 Å². The average molecular weight is 390 g/mol. The molecule has 0 radical (unpaired) electrons. The summed E-state index contributed by atoms with van der Waals surface area (Å²) in [7, 11) is 1.62. The minimum absolute atomic E-state index is 0.0541. The summed E-state index contributed by atoms with van der Waals surface area (Å²) >= 11 is 3.36. The largest absolute Gasteiger partial charge is 0.508 e. The normalized spacial score (nSPS) is 10.9. The van der Waals surface area contributed by atoms with Gasteiger partial charge in [0.05, 0.1) is 5.69 Å². The topological polar surface area (TPSA) is 65.3 Å². The lowest BCUT2D eigenvalue weighted by Gasteiger charge is -2.09. The number of rotatable bonds is 7. The zero-order chi connectivity index (χ0) is 17.4. The highest BCUT2D eigenvalue weighted by Gasteiger charge is 2.07. The highest BCUT2D eigenvalue weighted by molar-refractivity contribution is 9.10. The van der Waals surface area contributed by atoms with Crippen molar-refractivity contribution in [1.29, 1.82) is 0 Å². The number of carbonyl (C=O) groups is 1. The van der Waals surface area contributed by atoms with Crippen molar-refractivity contribution < 1.29 is 9.90 Å². The van der Waals surface area contributed by atoms with Gasteiger partial charge in [-0.15, -0.1) is 5.11 Å². The number of phenols is 1. The molecule has 1 N–H and O–H groups in total. The lowest BCUT2D eigenvalue weighted by atomic mass is 10.1. The van der Waals surface area contributed by atoms with Crippen LogP contribution >= 0.6 is 15.9 Å². The van der Waals surface area contributed by atoms with Crippen LogP contribution in [0, 0.1) is 0 Å². The Balaban J connectivity index is 1.71. The number of aryl methyl sites for hydroxylation is 1. The molecule has 5 nitrogen and oxygen atoms in total. The van der Waals surface area contributed by atoms with Gasteiger partial charge in [-0.3, -0.25) is 4.79 Å². The summed E-state index contributed by atoms with van der Waals surface area (Å²) in [5, 5.41) is 18.5. The molecule has 2 rings (SSSR count). The third kappa shape index (κ3) is 6.12.